The molecule has 0 bridgehead atoms. The largest absolute Gasteiger partial charge is 0.461 e. The van der Waals surface area contributed by atoms with Crippen molar-refractivity contribution in [1.29, 1.82) is 0 Å². The monoisotopic (exact) mass is 480 g/mol. The SMILES string of the molecule is O=S(=O)(c1ccc(Oc2ccccc2)c(NCc2nc(-c3ccco3)no2)c1)N1CCCCC1. The van der Waals surface area contributed by atoms with Gasteiger partial charge in [0.1, 0.15) is 5.75 Å². The molecule has 0 radical (unpaired) electrons. The zero-order valence-corrected chi connectivity index (χ0v) is 19.2. The Hall–Kier alpha value is -3.63. The Kier molecular flexibility index (Phi) is 6.33. The number of aromatic nitrogens is 2. The van der Waals surface area contributed by atoms with Crippen LogP contribution in [0.1, 0.15) is 25.2 Å². The zero-order valence-electron chi connectivity index (χ0n) is 18.4. The molecule has 2 aromatic heterocycles. The first-order valence-corrected chi connectivity index (χ1v) is 12.5. The van der Waals surface area contributed by atoms with Crippen LogP contribution in [0.5, 0.6) is 11.5 Å². The lowest BCUT2D eigenvalue weighted by Crippen LogP contribution is -2.35. The number of piperidine rings is 1. The Balaban J connectivity index is 1.41. The number of sulfonamides is 1. The van der Waals surface area contributed by atoms with Gasteiger partial charge < -0.3 is 19.0 Å². The molecule has 0 saturated carbocycles. The predicted molar refractivity (Wildman–Crippen MR) is 125 cm³/mol. The van der Waals surface area contributed by atoms with E-state index in [0.29, 0.717) is 47.8 Å². The Morgan fingerprint density at radius 2 is 1.82 bits per heavy atom. The second-order valence-corrected chi connectivity index (χ2v) is 9.82. The lowest BCUT2D eigenvalue weighted by molar-refractivity contribution is 0.346. The molecule has 1 aliphatic rings. The number of furan rings is 1. The lowest BCUT2D eigenvalue weighted by Gasteiger charge is -2.26. The van der Waals surface area contributed by atoms with E-state index in [2.05, 4.69) is 15.5 Å². The minimum absolute atomic E-state index is 0.173. The maximum Gasteiger partial charge on any atom is 0.246 e. The molecule has 10 heteroatoms. The normalized spacial score (nSPS) is 14.7. The number of nitrogens with zero attached hydrogens (tertiary/aromatic N) is 3. The van der Waals surface area contributed by atoms with E-state index in [0.717, 1.165) is 19.3 Å². The molecule has 4 aromatic rings. The number of benzene rings is 2. The van der Waals surface area contributed by atoms with Gasteiger partial charge in [0.2, 0.25) is 21.7 Å². The van der Waals surface area contributed by atoms with Crippen LogP contribution in [0.25, 0.3) is 11.6 Å². The van der Waals surface area contributed by atoms with E-state index in [1.807, 2.05) is 30.3 Å². The number of rotatable bonds is 8. The van der Waals surface area contributed by atoms with Gasteiger partial charge in [-0.2, -0.15) is 9.29 Å². The molecule has 0 unspecified atom stereocenters. The summed E-state index contributed by atoms with van der Waals surface area (Å²) in [6.45, 7) is 1.24. The van der Waals surface area contributed by atoms with Crippen molar-refractivity contribution >= 4 is 15.7 Å². The average molecular weight is 481 g/mol. The fourth-order valence-corrected chi connectivity index (χ4v) is 5.31. The number of hydrogen-bond donors (Lipinski definition) is 1. The van der Waals surface area contributed by atoms with Crippen LogP contribution in [0.15, 0.2) is 80.8 Å². The van der Waals surface area contributed by atoms with Crippen molar-refractivity contribution in [3.8, 4) is 23.1 Å². The first-order valence-electron chi connectivity index (χ1n) is 11.1. The lowest BCUT2D eigenvalue weighted by atomic mass is 10.2. The quantitative estimate of drug-likeness (QED) is 0.379. The summed E-state index contributed by atoms with van der Waals surface area (Å²) >= 11 is 0. The maximum absolute atomic E-state index is 13.2. The molecule has 0 amide bonds. The minimum Gasteiger partial charge on any atom is -0.461 e. The summed E-state index contributed by atoms with van der Waals surface area (Å²) in [5.41, 5.74) is 0.500. The molecule has 1 aliphatic heterocycles. The molecule has 176 valence electrons. The van der Waals surface area contributed by atoms with Crippen molar-refractivity contribution < 1.29 is 22.1 Å². The van der Waals surface area contributed by atoms with Crippen LogP contribution in [0.3, 0.4) is 0 Å². The van der Waals surface area contributed by atoms with Crippen LogP contribution in [-0.2, 0) is 16.6 Å². The highest BCUT2D eigenvalue weighted by molar-refractivity contribution is 7.89. The van der Waals surface area contributed by atoms with Crippen molar-refractivity contribution in [1.82, 2.24) is 14.4 Å². The van der Waals surface area contributed by atoms with E-state index in [1.165, 1.54) is 6.26 Å². The number of hydrogen-bond acceptors (Lipinski definition) is 8. The summed E-state index contributed by atoms with van der Waals surface area (Å²) in [4.78, 5) is 4.53. The Labute approximate surface area is 197 Å². The van der Waals surface area contributed by atoms with Gasteiger partial charge in [-0.3, -0.25) is 0 Å². The summed E-state index contributed by atoms with van der Waals surface area (Å²) in [6.07, 6.45) is 4.32. The predicted octanol–water partition coefficient (Wildman–Crippen LogP) is 4.91. The second-order valence-electron chi connectivity index (χ2n) is 7.88. The standard InChI is InChI=1S/C24H24N4O5S/c29-34(30,28-13-5-2-6-14-28)19-11-12-21(32-18-8-3-1-4-9-18)20(16-19)25-17-23-26-24(27-33-23)22-10-7-15-31-22/h1,3-4,7-12,15-16,25H,2,5-6,13-14,17H2. The van der Waals surface area contributed by atoms with Gasteiger partial charge >= 0.3 is 0 Å². The highest BCUT2D eigenvalue weighted by atomic mass is 32.2. The van der Waals surface area contributed by atoms with Gasteiger partial charge in [0, 0.05) is 13.1 Å². The second kappa shape index (κ2) is 9.70. The summed E-state index contributed by atoms with van der Waals surface area (Å²) < 4.78 is 44.6. The average Bonchev–Trinajstić information content (AvgIpc) is 3.57. The smallest absolute Gasteiger partial charge is 0.246 e. The number of para-hydroxylation sites is 1. The fourth-order valence-electron chi connectivity index (χ4n) is 3.77. The molecule has 5 rings (SSSR count). The Morgan fingerprint density at radius 3 is 2.59 bits per heavy atom. The van der Waals surface area contributed by atoms with E-state index in [1.54, 1.807) is 34.6 Å². The molecular formula is C24H24N4O5S. The van der Waals surface area contributed by atoms with Gasteiger partial charge in [-0.05, 0) is 55.3 Å². The molecule has 0 atom stereocenters. The van der Waals surface area contributed by atoms with Crippen LogP contribution >= 0.6 is 0 Å². The van der Waals surface area contributed by atoms with Crippen molar-refractivity contribution in [2.24, 2.45) is 0 Å². The van der Waals surface area contributed by atoms with E-state index in [4.69, 9.17) is 13.7 Å². The Morgan fingerprint density at radius 1 is 1.00 bits per heavy atom. The van der Waals surface area contributed by atoms with Crippen molar-refractivity contribution in [3.63, 3.8) is 0 Å². The van der Waals surface area contributed by atoms with Crippen molar-refractivity contribution in [2.45, 2.75) is 30.7 Å². The summed E-state index contributed by atoms with van der Waals surface area (Å²) in [5.74, 6) is 2.27. The summed E-state index contributed by atoms with van der Waals surface area (Å²) in [5, 5.41) is 7.11. The van der Waals surface area contributed by atoms with Crippen LogP contribution in [-0.4, -0.2) is 36.0 Å². The van der Waals surface area contributed by atoms with Gasteiger partial charge in [-0.15, -0.1) is 0 Å². The Bertz CT molecular complexity index is 1330. The third-order valence-electron chi connectivity index (χ3n) is 5.51. The van der Waals surface area contributed by atoms with Crippen molar-refractivity contribution in [2.75, 3.05) is 18.4 Å². The molecule has 9 nitrogen and oxygen atoms in total. The molecular weight excluding hydrogens is 456 g/mol. The van der Waals surface area contributed by atoms with Gasteiger partial charge in [0.15, 0.2) is 11.5 Å². The number of nitrogens with one attached hydrogen (secondary N) is 1. The molecule has 1 N–H and O–H groups in total. The topological polar surface area (TPSA) is 111 Å². The van der Waals surface area contributed by atoms with Gasteiger partial charge in [0.05, 0.1) is 23.4 Å². The van der Waals surface area contributed by atoms with Crippen LogP contribution in [0, 0.1) is 0 Å². The van der Waals surface area contributed by atoms with Gasteiger partial charge in [0.25, 0.3) is 0 Å². The number of anilines is 1. The molecule has 2 aromatic carbocycles. The van der Waals surface area contributed by atoms with E-state index in [-0.39, 0.29) is 11.4 Å². The van der Waals surface area contributed by atoms with Gasteiger partial charge in [-0.25, -0.2) is 8.42 Å². The van der Waals surface area contributed by atoms with Crippen LogP contribution in [0.4, 0.5) is 5.69 Å². The van der Waals surface area contributed by atoms with Gasteiger partial charge in [-0.1, -0.05) is 29.8 Å². The maximum atomic E-state index is 13.2. The zero-order chi connectivity index (χ0) is 23.4. The van der Waals surface area contributed by atoms with E-state index < -0.39 is 10.0 Å². The molecule has 34 heavy (non-hydrogen) atoms. The third kappa shape index (κ3) is 4.82. The van der Waals surface area contributed by atoms with Crippen LogP contribution in [0.2, 0.25) is 0 Å². The van der Waals surface area contributed by atoms with E-state index >= 15 is 0 Å². The highest BCUT2D eigenvalue weighted by Gasteiger charge is 2.27. The fraction of sp³-hybridized carbons (Fsp3) is 0.250. The molecule has 3 heterocycles. The molecule has 1 fully saturated rings. The first-order chi connectivity index (χ1) is 16.6. The van der Waals surface area contributed by atoms with E-state index in [9.17, 15) is 8.42 Å². The summed E-state index contributed by atoms with van der Waals surface area (Å²) in [7, 11) is -3.61. The molecule has 0 spiro atoms. The molecule has 0 aliphatic carbocycles. The number of ether oxygens (including phenoxy) is 1. The van der Waals surface area contributed by atoms with Crippen molar-refractivity contribution in [3.05, 3.63) is 72.8 Å². The van der Waals surface area contributed by atoms with Crippen LogP contribution < -0.4 is 10.1 Å². The molecule has 1 saturated heterocycles. The summed E-state index contributed by atoms with van der Waals surface area (Å²) in [6, 6.07) is 17.6. The highest BCUT2D eigenvalue weighted by Crippen LogP contribution is 2.33. The third-order valence-corrected chi connectivity index (χ3v) is 7.41. The first kappa shape index (κ1) is 22.2. The minimum atomic E-state index is -3.61.